The summed E-state index contributed by atoms with van der Waals surface area (Å²) in [5.74, 6) is 0.557. The van der Waals surface area contributed by atoms with Gasteiger partial charge < -0.3 is 10.0 Å². The lowest BCUT2D eigenvalue weighted by Gasteiger charge is -2.30. The molecule has 0 aliphatic rings. The topological polar surface area (TPSA) is 79.5 Å². The maximum Gasteiger partial charge on any atom is 0.288 e. The highest BCUT2D eigenvalue weighted by Crippen LogP contribution is 2.29. The number of anilines is 1. The van der Waals surface area contributed by atoms with Gasteiger partial charge >= 0.3 is 0 Å². The van der Waals surface area contributed by atoms with Gasteiger partial charge in [-0.15, -0.1) is 0 Å². The van der Waals surface area contributed by atoms with Crippen LogP contribution >= 0.6 is 15.9 Å². The van der Waals surface area contributed by atoms with Gasteiger partial charge in [0.1, 0.15) is 12.0 Å². The van der Waals surface area contributed by atoms with Crippen molar-refractivity contribution in [2.45, 2.75) is 26.0 Å². The van der Waals surface area contributed by atoms with Crippen LogP contribution in [0.15, 0.2) is 47.1 Å². The van der Waals surface area contributed by atoms with Crippen LogP contribution in [0.2, 0.25) is 0 Å². The summed E-state index contributed by atoms with van der Waals surface area (Å²) >= 11 is 3.35. The fourth-order valence-corrected chi connectivity index (χ4v) is 2.82. The zero-order chi connectivity index (χ0) is 17.0. The van der Waals surface area contributed by atoms with E-state index >= 15 is 0 Å². The van der Waals surface area contributed by atoms with Crippen molar-refractivity contribution in [1.29, 1.82) is 0 Å². The smallest absolute Gasteiger partial charge is 0.288 e. The van der Waals surface area contributed by atoms with Crippen molar-refractivity contribution in [1.82, 2.24) is 4.98 Å². The molecular formula is C16H18BrN3O3. The number of nitrogens with zero attached hydrogens (tertiary/aromatic N) is 3. The molecule has 0 unspecified atom stereocenters. The third-order valence-electron chi connectivity index (χ3n) is 3.11. The van der Waals surface area contributed by atoms with Gasteiger partial charge in [0.25, 0.3) is 5.69 Å². The Morgan fingerprint density at radius 2 is 2.00 bits per heavy atom. The molecule has 2 rings (SSSR count). The van der Waals surface area contributed by atoms with Crippen LogP contribution in [-0.2, 0) is 6.54 Å². The Hall–Kier alpha value is -1.99. The molecule has 1 aromatic heterocycles. The number of hydrogen-bond acceptors (Lipinski definition) is 5. The second kappa shape index (κ2) is 7.06. The van der Waals surface area contributed by atoms with E-state index in [2.05, 4.69) is 20.9 Å². The maximum absolute atomic E-state index is 10.8. The number of aromatic nitrogens is 1. The molecule has 0 atom stereocenters. The molecule has 23 heavy (non-hydrogen) atoms. The van der Waals surface area contributed by atoms with Gasteiger partial charge in [-0.05, 0) is 35.3 Å². The predicted octanol–water partition coefficient (Wildman–Crippen LogP) is 3.53. The number of nitro groups is 1. The highest BCUT2D eigenvalue weighted by Gasteiger charge is 2.22. The van der Waals surface area contributed by atoms with Crippen LogP contribution in [0, 0.1) is 10.1 Å². The summed E-state index contributed by atoms with van der Waals surface area (Å²) in [5.41, 5.74) is 0.0462. The van der Waals surface area contributed by atoms with E-state index in [4.69, 9.17) is 0 Å². The summed E-state index contributed by atoms with van der Waals surface area (Å²) in [7, 11) is 0. The molecule has 1 aromatic carbocycles. The van der Waals surface area contributed by atoms with Crippen LogP contribution in [0.1, 0.15) is 19.4 Å². The van der Waals surface area contributed by atoms with E-state index in [-0.39, 0.29) is 5.69 Å². The molecule has 0 aliphatic carbocycles. The Morgan fingerprint density at radius 3 is 2.52 bits per heavy atom. The van der Waals surface area contributed by atoms with E-state index in [0.29, 0.717) is 23.4 Å². The van der Waals surface area contributed by atoms with E-state index < -0.39 is 10.5 Å². The van der Waals surface area contributed by atoms with Crippen molar-refractivity contribution in [3.05, 3.63) is 62.7 Å². The number of aliphatic hydroxyl groups is 1. The van der Waals surface area contributed by atoms with Gasteiger partial charge in [0.05, 0.1) is 15.0 Å². The molecule has 6 nitrogen and oxygen atoms in total. The molecule has 0 bridgehead atoms. The summed E-state index contributed by atoms with van der Waals surface area (Å²) in [4.78, 5) is 16.5. The van der Waals surface area contributed by atoms with Crippen molar-refractivity contribution in [2.24, 2.45) is 0 Å². The quantitative estimate of drug-likeness (QED) is 0.613. The third kappa shape index (κ3) is 5.01. The zero-order valence-electron chi connectivity index (χ0n) is 12.9. The van der Waals surface area contributed by atoms with Crippen molar-refractivity contribution in [3.63, 3.8) is 0 Å². The average molecular weight is 380 g/mol. The summed E-state index contributed by atoms with van der Waals surface area (Å²) < 4.78 is 0.520. The van der Waals surface area contributed by atoms with E-state index in [1.807, 2.05) is 35.2 Å². The van der Waals surface area contributed by atoms with Gasteiger partial charge in [0.15, 0.2) is 0 Å². The first-order chi connectivity index (χ1) is 10.8. The molecule has 0 fully saturated rings. The molecule has 0 saturated carbocycles. The molecule has 0 amide bonds. The highest BCUT2D eigenvalue weighted by molar-refractivity contribution is 9.10. The van der Waals surface area contributed by atoms with Crippen LogP contribution in [0.4, 0.5) is 11.5 Å². The standard InChI is InChI=1S/C16H18BrN3O3/c1-16(2,21)11-19(10-12-6-4-3-5-7-12)15-14(17)8-13(9-18-15)20(22)23/h3-9,21H,10-11H2,1-2H3. The lowest BCUT2D eigenvalue weighted by molar-refractivity contribution is -0.385. The molecule has 0 spiro atoms. The van der Waals surface area contributed by atoms with Gasteiger partial charge in [-0.1, -0.05) is 30.3 Å². The summed E-state index contributed by atoms with van der Waals surface area (Å²) in [5, 5.41) is 21.0. The number of benzene rings is 1. The number of hydrogen-bond donors (Lipinski definition) is 1. The molecule has 122 valence electrons. The largest absolute Gasteiger partial charge is 0.389 e. The molecule has 0 aliphatic heterocycles. The van der Waals surface area contributed by atoms with Crippen LogP contribution < -0.4 is 4.90 Å². The first kappa shape index (κ1) is 17.4. The van der Waals surface area contributed by atoms with E-state index in [9.17, 15) is 15.2 Å². The minimum absolute atomic E-state index is 0.0801. The summed E-state index contributed by atoms with van der Waals surface area (Å²) in [6, 6.07) is 11.2. The first-order valence-electron chi connectivity index (χ1n) is 7.07. The fraction of sp³-hybridized carbons (Fsp3) is 0.312. The van der Waals surface area contributed by atoms with Crippen LogP contribution in [0.3, 0.4) is 0 Å². The molecule has 0 radical (unpaired) electrons. The highest BCUT2D eigenvalue weighted by atomic mass is 79.9. The lowest BCUT2D eigenvalue weighted by Crippen LogP contribution is -2.39. The van der Waals surface area contributed by atoms with Crippen molar-refractivity contribution < 1.29 is 10.0 Å². The minimum Gasteiger partial charge on any atom is -0.389 e. The average Bonchev–Trinajstić information content (AvgIpc) is 2.46. The van der Waals surface area contributed by atoms with Crippen LogP contribution in [-0.4, -0.2) is 27.2 Å². The van der Waals surface area contributed by atoms with E-state index in [1.54, 1.807) is 13.8 Å². The summed E-state index contributed by atoms with van der Waals surface area (Å²) in [6.45, 7) is 4.30. The van der Waals surface area contributed by atoms with Gasteiger partial charge in [-0.2, -0.15) is 0 Å². The number of pyridine rings is 1. The third-order valence-corrected chi connectivity index (χ3v) is 3.70. The van der Waals surface area contributed by atoms with Gasteiger partial charge in [0.2, 0.25) is 0 Å². The van der Waals surface area contributed by atoms with Crippen molar-refractivity contribution >= 4 is 27.4 Å². The van der Waals surface area contributed by atoms with Crippen LogP contribution in [0.5, 0.6) is 0 Å². The Bertz CT molecular complexity index is 687. The van der Waals surface area contributed by atoms with Crippen LogP contribution in [0.25, 0.3) is 0 Å². The van der Waals surface area contributed by atoms with Crippen molar-refractivity contribution in [2.75, 3.05) is 11.4 Å². The number of halogens is 1. The van der Waals surface area contributed by atoms with Gasteiger partial charge in [-0.3, -0.25) is 10.1 Å². The Balaban J connectivity index is 2.35. The Morgan fingerprint density at radius 1 is 1.35 bits per heavy atom. The van der Waals surface area contributed by atoms with Gasteiger partial charge in [-0.25, -0.2) is 4.98 Å². The number of rotatable bonds is 6. The second-order valence-electron chi connectivity index (χ2n) is 5.91. The normalized spacial score (nSPS) is 11.3. The zero-order valence-corrected chi connectivity index (χ0v) is 14.5. The minimum atomic E-state index is -0.933. The predicted molar refractivity (Wildman–Crippen MR) is 92.4 cm³/mol. The van der Waals surface area contributed by atoms with Crippen molar-refractivity contribution in [3.8, 4) is 0 Å². The fourth-order valence-electron chi connectivity index (χ4n) is 2.23. The van der Waals surface area contributed by atoms with Gasteiger partial charge in [0, 0.05) is 19.2 Å². The van der Waals surface area contributed by atoms with E-state index in [1.165, 1.54) is 12.3 Å². The molecule has 0 saturated heterocycles. The van der Waals surface area contributed by atoms with E-state index in [0.717, 1.165) is 5.56 Å². The molecule has 1 heterocycles. The Labute approximate surface area is 143 Å². The molecule has 2 aromatic rings. The molecular weight excluding hydrogens is 362 g/mol. The molecule has 7 heteroatoms. The maximum atomic E-state index is 10.8. The molecule has 1 N–H and O–H groups in total. The monoisotopic (exact) mass is 379 g/mol. The summed E-state index contributed by atoms with van der Waals surface area (Å²) in [6.07, 6.45) is 1.22. The second-order valence-corrected chi connectivity index (χ2v) is 6.76. The lowest BCUT2D eigenvalue weighted by atomic mass is 10.1. The Kier molecular flexibility index (Phi) is 5.33. The SMILES string of the molecule is CC(C)(O)CN(Cc1ccccc1)c1ncc([N+](=O)[O-])cc1Br. The first-order valence-corrected chi connectivity index (χ1v) is 7.87.